The molecular formula is C26H24N2O2. The van der Waals surface area contributed by atoms with E-state index >= 15 is 0 Å². The summed E-state index contributed by atoms with van der Waals surface area (Å²) in [5.74, 6) is 0. The summed E-state index contributed by atoms with van der Waals surface area (Å²) in [4.78, 5) is 10.7. The van der Waals surface area contributed by atoms with Crippen molar-refractivity contribution in [1.82, 2.24) is 4.57 Å². The smallest absolute Gasteiger partial charge is 0.269 e. The topological polar surface area (TPSA) is 48.1 Å². The Bertz CT molecular complexity index is 1270. The predicted octanol–water partition coefficient (Wildman–Crippen LogP) is 6.66. The van der Waals surface area contributed by atoms with Gasteiger partial charge in [-0.15, -0.1) is 0 Å². The SMILES string of the molecule is CC1(C)C[C@@](C)(c2ccccc2)c2cccc3c(-c4ccc([N+](=O)[O-])cc4)cn1c23. The Hall–Kier alpha value is -3.40. The van der Waals surface area contributed by atoms with Gasteiger partial charge in [0.1, 0.15) is 0 Å². The van der Waals surface area contributed by atoms with E-state index in [9.17, 15) is 10.1 Å². The number of nitro groups is 1. The second-order valence-electron chi connectivity index (χ2n) is 9.11. The van der Waals surface area contributed by atoms with Gasteiger partial charge in [-0.3, -0.25) is 10.1 Å². The third kappa shape index (κ3) is 2.60. The fourth-order valence-electron chi connectivity index (χ4n) is 5.31. The third-order valence-corrected chi connectivity index (χ3v) is 6.66. The Kier molecular flexibility index (Phi) is 3.91. The zero-order valence-corrected chi connectivity index (χ0v) is 17.4. The number of aromatic nitrogens is 1. The summed E-state index contributed by atoms with van der Waals surface area (Å²) in [5.41, 5.74) is 5.99. The Labute approximate surface area is 175 Å². The van der Waals surface area contributed by atoms with Crippen molar-refractivity contribution < 1.29 is 4.92 Å². The highest BCUT2D eigenvalue weighted by molar-refractivity contribution is 5.99. The molecule has 0 saturated carbocycles. The van der Waals surface area contributed by atoms with Crippen LogP contribution in [0, 0.1) is 10.1 Å². The van der Waals surface area contributed by atoms with Crippen molar-refractivity contribution >= 4 is 16.6 Å². The van der Waals surface area contributed by atoms with Gasteiger partial charge in [0, 0.05) is 40.2 Å². The number of para-hydroxylation sites is 1. The first-order chi connectivity index (χ1) is 14.3. The maximum absolute atomic E-state index is 11.1. The van der Waals surface area contributed by atoms with Crippen molar-refractivity contribution in [3.05, 3.63) is 100 Å². The monoisotopic (exact) mass is 396 g/mol. The normalized spacial score (nSPS) is 19.7. The van der Waals surface area contributed by atoms with E-state index in [2.05, 4.69) is 80.1 Å². The van der Waals surface area contributed by atoms with Crippen molar-refractivity contribution in [1.29, 1.82) is 0 Å². The molecule has 1 aliphatic heterocycles. The van der Waals surface area contributed by atoms with Gasteiger partial charge in [0.25, 0.3) is 5.69 Å². The summed E-state index contributed by atoms with van der Waals surface area (Å²) < 4.78 is 2.40. The van der Waals surface area contributed by atoms with Gasteiger partial charge in [-0.1, -0.05) is 55.5 Å². The van der Waals surface area contributed by atoms with Gasteiger partial charge < -0.3 is 4.57 Å². The molecule has 30 heavy (non-hydrogen) atoms. The number of hydrogen-bond donors (Lipinski definition) is 0. The van der Waals surface area contributed by atoms with Crippen LogP contribution in [0.5, 0.6) is 0 Å². The zero-order valence-electron chi connectivity index (χ0n) is 17.4. The highest BCUT2D eigenvalue weighted by Gasteiger charge is 2.43. The molecule has 150 valence electrons. The first-order valence-electron chi connectivity index (χ1n) is 10.3. The molecule has 0 bridgehead atoms. The highest BCUT2D eigenvalue weighted by atomic mass is 16.6. The quantitative estimate of drug-likeness (QED) is 0.287. The van der Waals surface area contributed by atoms with Crippen LogP contribution in [-0.2, 0) is 11.0 Å². The molecule has 0 N–H and O–H groups in total. The summed E-state index contributed by atoms with van der Waals surface area (Å²) in [6.45, 7) is 6.94. The molecule has 1 atom stereocenters. The van der Waals surface area contributed by atoms with Gasteiger partial charge in [-0.2, -0.15) is 0 Å². The highest BCUT2D eigenvalue weighted by Crippen LogP contribution is 2.51. The average molecular weight is 396 g/mol. The molecule has 0 radical (unpaired) electrons. The first kappa shape index (κ1) is 18.6. The number of non-ortho nitro benzene ring substituents is 1. The molecule has 2 heterocycles. The molecule has 4 aromatic rings. The second kappa shape index (κ2) is 6.30. The molecule has 4 heteroatoms. The number of nitrogens with zero attached hydrogens (tertiary/aromatic N) is 2. The lowest BCUT2D eigenvalue weighted by molar-refractivity contribution is -0.384. The summed E-state index contributed by atoms with van der Waals surface area (Å²) >= 11 is 0. The molecule has 1 aromatic heterocycles. The summed E-state index contributed by atoms with van der Waals surface area (Å²) in [6, 6.07) is 24.2. The van der Waals surface area contributed by atoms with E-state index in [1.807, 2.05) is 12.1 Å². The van der Waals surface area contributed by atoms with E-state index in [0.29, 0.717) is 0 Å². The largest absolute Gasteiger partial charge is 0.341 e. The van der Waals surface area contributed by atoms with Crippen LogP contribution in [0.25, 0.3) is 22.0 Å². The van der Waals surface area contributed by atoms with Crippen LogP contribution < -0.4 is 0 Å². The van der Waals surface area contributed by atoms with Crippen molar-refractivity contribution in [2.24, 2.45) is 0 Å². The minimum atomic E-state index is -0.353. The van der Waals surface area contributed by atoms with Crippen LogP contribution in [-0.4, -0.2) is 9.49 Å². The van der Waals surface area contributed by atoms with Crippen molar-refractivity contribution in [2.75, 3.05) is 0 Å². The van der Waals surface area contributed by atoms with Gasteiger partial charge in [-0.25, -0.2) is 0 Å². The summed E-state index contributed by atoms with van der Waals surface area (Å²) in [5, 5.41) is 12.2. The van der Waals surface area contributed by atoms with Crippen LogP contribution in [0.3, 0.4) is 0 Å². The van der Waals surface area contributed by atoms with Gasteiger partial charge in [0.15, 0.2) is 0 Å². The number of hydrogen-bond acceptors (Lipinski definition) is 2. The number of benzene rings is 3. The van der Waals surface area contributed by atoms with E-state index < -0.39 is 0 Å². The minimum Gasteiger partial charge on any atom is -0.341 e. The second-order valence-corrected chi connectivity index (χ2v) is 9.11. The van der Waals surface area contributed by atoms with Gasteiger partial charge in [-0.05, 0) is 49.1 Å². The van der Waals surface area contributed by atoms with Crippen LogP contribution in [0.2, 0.25) is 0 Å². The Morgan fingerprint density at radius 2 is 1.60 bits per heavy atom. The Balaban J connectivity index is 1.78. The molecule has 0 saturated heterocycles. The number of nitro benzene ring substituents is 1. The molecule has 0 amide bonds. The molecule has 0 fully saturated rings. The van der Waals surface area contributed by atoms with Crippen LogP contribution in [0.15, 0.2) is 79.0 Å². The summed E-state index contributed by atoms with van der Waals surface area (Å²) in [6.07, 6.45) is 3.21. The maximum Gasteiger partial charge on any atom is 0.269 e. The lowest BCUT2D eigenvalue weighted by Gasteiger charge is -2.45. The number of rotatable bonds is 3. The Morgan fingerprint density at radius 3 is 2.27 bits per heavy atom. The lowest BCUT2D eigenvalue weighted by Crippen LogP contribution is -2.41. The molecule has 4 nitrogen and oxygen atoms in total. The molecular weight excluding hydrogens is 372 g/mol. The molecule has 0 spiro atoms. The minimum absolute atomic E-state index is 0.0732. The van der Waals surface area contributed by atoms with E-state index in [1.54, 1.807) is 12.1 Å². The fourth-order valence-corrected chi connectivity index (χ4v) is 5.31. The van der Waals surface area contributed by atoms with E-state index in [-0.39, 0.29) is 21.6 Å². The van der Waals surface area contributed by atoms with E-state index in [1.165, 1.54) is 22.0 Å². The van der Waals surface area contributed by atoms with Crippen molar-refractivity contribution in [3.8, 4) is 11.1 Å². The van der Waals surface area contributed by atoms with Gasteiger partial charge >= 0.3 is 0 Å². The molecule has 0 unspecified atom stereocenters. The van der Waals surface area contributed by atoms with E-state index in [4.69, 9.17) is 0 Å². The zero-order chi connectivity index (χ0) is 21.1. The van der Waals surface area contributed by atoms with Crippen molar-refractivity contribution in [3.63, 3.8) is 0 Å². The fraction of sp³-hybridized carbons (Fsp3) is 0.231. The summed E-state index contributed by atoms with van der Waals surface area (Å²) in [7, 11) is 0. The van der Waals surface area contributed by atoms with E-state index in [0.717, 1.165) is 17.5 Å². The maximum atomic E-state index is 11.1. The first-order valence-corrected chi connectivity index (χ1v) is 10.3. The standard InChI is InChI=1S/C26H24N2O2/c1-25(2)17-26(3,19-8-5-4-6-9-19)23-11-7-10-21-22(16-27(25)24(21)23)18-12-14-20(15-13-18)28(29)30/h4-16H,17H2,1-3H3/t26-/m0/s1. The van der Waals surface area contributed by atoms with Gasteiger partial charge in [0.2, 0.25) is 0 Å². The molecule has 1 aliphatic rings. The van der Waals surface area contributed by atoms with Crippen LogP contribution in [0.4, 0.5) is 5.69 Å². The third-order valence-electron chi connectivity index (χ3n) is 6.66. The molecule has 5 rings (SSSR count). The van der Waals surface area contributed by atoms with Crippen LogP contribution >= 0.6 is 0 Å². The molecule has 3 aromatic carbocycles. The Morgan fingerprint density at radius 1 is 0.900 bits per heavy atom. The predicted molar refractivity (Wildman–Crippen MR) is 121 cm³/mol. The van der Waals surface area contributed by atoms with Crippen LogP contribution in [0.1, 0.15) is 38.3 Å². The molecule has 0 aliphatic carbocycles. The average Bonchev–Trinajstić information content (AvgIpc) is 3.14. The van der Waals surface area contributed by atoms with Gasteiger partial charge in [0.05, 0.1) is 10.4 Å². The van der Waals surface area contributed by atoms with Crippen molar-refractivity contribution in [2.45, 2.75) is 38.1 Å². The lowest BCUT2D eigenvalue weighted by atomic mass is 9.66.